The molecule has 4 rings (SSSR count). The molecule has 1 atom stereocenters. The van der Waals surface area contributed by atoms with Crippen molar-refractivity contribution >= 4 is 35.4 Å². The Bertz CT molecular complexity index is 1500. The van der Waals surface area contributed by atoms with Crippen molar-refractivity contribution in [2.24, 2.45) is 4.99 Å². The van der Waals surface area contributed by atoms with Gasteiger partial charge in [0.25, 0.3) is 5.56 Å². The lowest BCUT2D eigenvalue weighted by Gasteiger charge is -2.21. The summed E-state index contributed by atoms with van der Waals surface area (Å²) >= 11 is 1.25. The van der Waals surface area contributed by atoms with Crippen molar-refractivity contribution in [3.8, 4) is 5.75 Å². The number of hydrogen-bond acceptors (Lipinski definition) is 7. The van der Waals surface area contributed by atoms with Crippen LogP contribution in [0.4, 0.5) is 0 Å². The van der Waals surface area contributed by atoms with Crippen LogP contribution in [0.3, 0.4) is 0 Å². The monoisotopic (exact) mass is 488 g/mol. The van der Waals surface area contributed by atoms with E-state index in [1.807, 2.05) is 42.5 Å². The zero-order chi connectivity index (χ0) is 24.9. The minimum Gasteiger partial charge on any atom is -0.463 e. The van der Waals surface area contributed by atoms with Crippen LogP contribution in [0.15, 0.2) is 81.7 Å². The molecule has 7 nitrogen and oxygen atoms in total. The summed E-state index contributed by atoms with van der Waals surface area (Å²) in [6.45, 7) is 5.05. The summed E-state index contributed by atoms with van der Waals surface area (Å²) in [6.07, 6.45) is 5.46. The number of aromatic nitrogens is 1. The summed E-state index contributed by atoms with van der Waals surface area (Å²) < 4.78 is 12.4. The molecule has 0 radical (unpaired) electrons. The first-order chi connectivity index (χ1) is 16.9. The van der Waals surface area contributed by atoms with E-state index in [-0.39, 0.29) is 12.2 Å². The lowest BCUT2D eigenvalue weighted by molar-refractivity contribution is -0.139. The highest BCUT2D eigenvalue weighted by molar-refractivity contribution is 7.07. The van der Waals surface area contributed by atoms with E-state index in [9.17, 15) is 14.4 Å². The molecule has 1 aliphatic rings. The van der Waals surface area contributed by atoms with Crippen LogP contribution in [0.5, 0.6) is 5.75 Å². The largest absolute Gasteiger partial charge is 0.463 e. The summed E-state index contributed by atoms with van der Waals surface area (Å²) in [5.41, 5.74) is 2.31. The summed E-state index contributed by atoms with van der Waals surface area (Å²) in [7, 11) is 0. The van der Waals surface area contributed by atoms with Gasteiger partial charge in [0.2, 0.25) is 0 Å². The van der Waals surface area contributed by atoms with Gasteiger partial charge in [-0.25, -0.2) is 9.79 Å². The Morgan fingerprint density at radius 2 is 1.80 bits per heavy atom. The van der Waals surface area contributed by atoms with E-state index in [0.717, 1.165) is 11.1 Å². The van der Waals surface area contributed by atoms with Crippen LogP contribution in [0, 0.1) is 0 Å². The van der Waals surface area contributed by atoms with E-state index >= 15 is 0 Å². The van der Waals surface area contributed by atoms with E-state index in [0.29, 0.717) is 26.4 Å². The summed E-state index contributed by atoms with van der Waals surface area (Å²) in [4.78, 5) is 42.5. The molecular weight excluding hydrogens is 464 g/mol. The lowest BCUT2D eigenvalue weighted by atomic mass is 10.0. The zero-order valence-corrected chi connectivity index (χ0v) is 20.4. The number of fused-ring (bicyclic) bond motifs is 1. The molecule has 0 fully saturated rings. The number of rotatable bonds is 6. The van der Waals surface area contributed by atoms with E-state index in [1.165, 1.54) is 22.8 Å². The van der Waals surface area contributed by atoms with Crippen molar-refractivity contribution in [1.29, 1.82) is 0 Å². The second-order valence-corrected chi connectivity index (χ2v) is 8.79. The topological polar surface area (TPSA) is 87.0 Å². The minimum atomic E-state index is -0.654. The average molecular weight is 489 g/mol. The second-order valence-electron chi connectivity index (χ2n) is 7.78. The predicted octanol–water partition coefficient (Wildman–Crippen LogP) is 3.39. The molecule has 0 amide bonds. The van der Waals surface area contributed by atoms with Crippen molar-refractivity contribution in [3.63, 3.8) is 0 Å². The van der Waals surface area contributed by atoms with Gasteiger partial charge in [-0.05, 0) is 43.2 Å². The lowest BCUT2D eigenvalue weighted by Crippen LogP contribution is -2.38. The Labute approximate surface area is 206 Å². The third-order valence-electron chi connectivity index (χ3n) is 5.27. The first-order valence-corrected chi connectivity index (χ1v) is 11.9. The fraction of sp³-hybridized carbons (Fsp3) is 0.185. The number of thiazole rings is 1. The Morgan fingerprint density at radius 1 is 1.09 bits per heavy atom. The van der Waals surface area contributed by atoms with Crippen LogP contribution >= 0.6 is 11.3 Å². The van der Waals surface area contributed by atoms with Gasteiger partial charge in [-0.15, -0.1) is 0 Å². The Hall–Kier alpha value is -4.04. The average Bonchev–Trinajstić information content (AvgIpc) is 3.13. The molecule has 35 heavy (non-hydrogen) atoms. The maximum absolute atomic E-state index is 13.5. The Balaban J connectivity index is 1.80. The van der Waals surface area contributed by atoms with Gasteiger partial charge >= 0.3 is 11.9 Å². The highest BCUT2D eigenvalue weighted by Gasteiger charge is 2.30. The van der Waals surface area contributed by atoms with Gasteiger partial charge in [-0.3, -0.25) is 14.2 Å². The van der Waals surface area contributed by atoms with Crippen LogP contribution < -0.4 is 19.6 Å². The maximum Gasteiger partial charge on any atom is 0.338 e. The first-order valence-electron chi connectivity index (χ1n) is 11.1. The van der Waals surface area contributed by atoms with Gasteiger partial charge in [0.1, 0.15) is 5.75 Å². The second kappa shape index (κ2) is 10.5. The molecule has 0 aliphatic carbocycles. The van der Waals surface area contributed by atoms with Crippen LogP contribution in [0.1, 0.15) is 37.9 Å². The molecule has 8 heteroatoms. The molecule has 1 aliphatic heterocycles. The smallest absolute Gasteiger partial charge is 0.338 e. The molecule has 0 unspecified atom stereocenters. The fourth-order valence-electron chi connectivity index (χ4n) is 3.73. The number of esters is 2. The quantitative estimate of drug-likeness (QED) is 0.392. The summed E-state index contributed by atoms with van der Waals surface area (Å²) in [5.74, 6) is -0.467. The maximum atomic E-state index is 13.5. The van der Waals surface area contributed by atoms with E-state index in [2.05, 4.69) is 4.99 Å². The highest BCUT2D eigenvalue weighted by Crippen LogP contribution is 2.26. The Morgan fingerprint density at radius 3 is 2.46 bits per heavy atom. The van der Waals surface area contributed by atoms with Gasteiger partial charge in [-0.1, -0.05) is 66.0 Å². The molecule has 2 aromatic carbocycles. The standard InChI is InChI=1S/C27H24N2O5S/c1-4-33-26(32)24-17(2)28-27-29(22(24)15-12-19-8-6-5-7-9-19)25(31)23(35-27)16-20-10-13-21(14-11-20)34-18(3)30/h5-16,22H,4H2,1-3H3/b15-12+,23-16-/t22-/m0/s1. The van der Waals surface area contributed by atoms with Crippen LogP contribution in [-0.4, -0.2) is 23.1 Å². The van der Waals surface area contributed by atoms with Gasteiger partial charge in [0.15, 0.2) is 4.80 Å². The Kier molecular flexibility index (Phi) is 7.22. The number of allylic oxidation sites excluding steroid dienone is 2. The molecule has 1 aromatic heterocycles. The third-order valence-corrected chi connectivity index (χ3v) is 6.25. The number of hydrogen-bond donors (Lipinski definition) is 0. The van der Waals surface area contributed by atoms with Gasteiger partial charge in [0, 0.05) is 6.92 Å². The van der Waals surface area contributed by atoms with E-state index in [4.69, 9.17) is 9.47 Å². The number of carbonyl (C=O) groups excluding carboxylic acids is 2. The van der Waals surface area contributed by atoms with Crippen LogP contribution in [0.25, 0.3) is 12.2 Å². The number of benzene rings is 2. The normalized spacial score (nSPS) is 15.6. The van der Waals surface area contributed by atoms with E-state index in [1.54, 1.807) is 44.2 Å². The van der Waals surface area contributed by atoms with E-state index < -0.39 is 18.0 Å². The van der Waals surface area contributed by atoms with Crippen molar-refractivity contribution in [1.82, 2.24) is 4.57 Å². The van der Waals surface area contributed by atoms with Crippen molar-refractivity contribution < 1.29 is 19.1 Å². The molecule has 0 spiro atoms. The number of carbonyl (C=O) groups is 2. The first kappa shape index (κ1) is 24.1. The summed E-state index contributed by atoms with van der Waals surface area (Å²) in [5, 5.41) is 0. The number of ether oxygens (including phenoxy) is 2. The van der Waals surface area contributed by atoms with Gasteiger partial charge < -0.3 is 9.47 Å². The highest BCUT2D eigenvalue weighted by atomic mass is 32.1. The van der Waals surface area contributed by atoms with Gasteiger partial charge in [-0.2, -0.15) is 0 Å². The van der Waals surface area contributed by atoms with Crippen LogP contribution in [-0.2, 0) is 14.3 Å². The van der Waals surface area contributed by atoms with Crippen LogP contribution in [0.2, 0.25) is 0 Å². The third kappa shape index (κ3) is 5.38. The van der Waals surface area contributed by atoms with Crippen molar-refractivity contribution in [3.05, 3.63) is 103 Å². The number of nitrogens with zero attached hydrogens (tertiary/aromatic N) is 2. The molecule has 0 saturated heterocycles. The predicted molar refractivity (Wildman–Crippen MR) is 135 cm³/mol. The molecule has 0 bridgehead atoms. The molecule has 0 saturated carbocycles. The van der Waals surface area contributed by atoms with Crippen molar-refractivity contribution in [2.45, 2.75) is 26.8 Å². The molecular formula is C27H24N2O5S. The molecule has 0 N–H and O–H groups in total. The minimum absolute atomic E-state index is 0.221. The molecule has 3 aromatic rings. The van der Waals surface area contributed by atoms with Crippen molar-refractivity contribution in [2.75, 3.05) is 6.61 Å². The molecule has 2 heterocycles. The van der Waals surface area contributed by atoms with Gasteiger partial charge in [0.05, 0.1) is 28.5 Å². The fourth-order valence-corrected chi connectivity index (χ4v) is 4.79. The molecule has 178 valence electrons. The SMILES string of the molecule is CCOC(=O)C1=C(C)N=c2s/c(=C\c3ccc(OC(C)=O)cc3)c(=O)n2[C@H]1/C=C/c1ccccc1. The zero-order valence-electron chi connectivity index (χ0n) is 19.6. The summed E-state index contributed by atoms with van der Waals surface area (Å²) in [6, 6.07) is 15.9.